The van der Waals surface area contributed by atoms with Crippen molar-refractivity contribution in [1.29, 1.82) is 0 Å². The van der Waals surface area contributed by atoms with Crippen molar-refractivity contribution in [2.75, 3.05) is 13.1 Å². The van der Waals surface area contributed by atoms with Crippen LogP contribution < -0.4 is 10.6 Å². The summed E-state index contributed by atoms with van der Waals surface area (Å²) in [6.07, 6.45) is 8.57. The van der Waals surface area contributed by atoms with E-state index in [-0.39, 0.29) is 5.54 Å². The van der Waals surface area contributed by atoms with Gasteiger partial charge in [0.1, 0.15) is 11.6 Å². The van der Waals surface area contributed by atoms with Gasteiger partial charge in [0.15, 0.2) is 0 Å². The first-order valence-electron chi connectivity index (χ1n) is 12.0. The summed E-state index contributed by atoms with van der Waals surface area (Å²) in [7, 11) is 0. The van der Waals surface area contributed by atoms with Crippen LogP contribution in [0.15, 0.2) is 60.9 Å². The Hall–Kier alpha value is -3.22. The molecular weight excluding hydrogens is 408 g/mol. The molecule has 33 heavy (non-hydrogen) atoms. The molecule has 0 saturated carbocycles. The Bertz CT molecular complexity index is 1220. The minimum Gasteiger partial charge on any atom is -0.341 e. The molecule has 4 heterocycles. The first-order valence-corrected chi connectivity index (χ1v) is 12.0. The van der Waals surface area contributed by atoms with E-state index in [1.165, 1.54) is 24.0 Å². The van der Waals surface area contributed by atoms with E-state index in [9.17, 15) is 0 Å². The number of hydrogen-bond donors (Lipinski definition) is 4. The van der Waals surface area contributed by atoms with Crippen LogP contribution in [-0.4, -0.2) is 33.0 Å². The van der Waals surface area contributed by atoms with E-state index in [1.54, 1.807) is 0 Å². The molecular formula is C27H30N6. The number of nitrogens with zero attached hydrogens (tertiary/aromatic N) is 2. The van der Waals surface area contributed by atoms with Crippen LogP contribution in [0, 0.1) is 0 Å². The summed E-state index contributed by atoms with van der Waals surface area (Å²) in [5.41, 5.74) is 6.82. The van der Waals surface area contributed by atoms with Crippen LogP contribution in [0.1, 0.15) is 50.3 Å². The first-order chi connectivity index (χ1) is 16.2. The summed E-state index contributed by atoms with van der Waals surface area (Å²) in [5.74, 6) is 2.07. The maximum absolute atomic E-state index is 4.66. The molecule has 6 nitrogen and oxygen atoms in total. The van der Waals surface area contributed by atoms with Gasteiger partial charge in [-0.3, -0.25) is 0 Å². The van der Waals surface area contributed by atoms with Crippen molar-refractivity contribution < 1.29 is 0 Å². The monoisotopic (exact) mass is 438 g/mol. The van der Waals surface area contributed by atoms with Gasteiger partial charge in [0.25, 0.3) is 0 Å². The molecule has 2 unspecified atom stereocenters. The molecule has 2 aliphatic heterocycles. The first kappa shape index (κ1) is 20.4. The number of imidazole rings is 2. The summed E-state index contributed by atoms with van der Waals surface area (Å²) in [6.45, 7) is 4.36. The molecule has 0 bridgehead atoms. The van der Waals surface area contributed by atoms with E-state index in [4.69, 9.17) is 0 Å². The van der Waals surface area contributed by atoms with Gasteiger partial charge in [-0.15, -0.1) is 0 Å². The third-order valence-corrected chi connectivity index (χ3v) is 7.18. The zero-order valence-corrected chi connectivity index (χ0v) is 19.0. The van der Waals surface area contributed by atoms with Gasteiger partial charge in [-0.25, -0.2) is 9.97 Å². The molecule has 2 aromatic heterocycles. The van der Waals surface area contributed by atoms with Crippen LogP contribution in [-0.2, 0) is 5.54 Å². The second-order valence-electron chi connectivity index (χ2n) is 9.49. The minimum atomic E-state index is -0.0387. The van der Waals surface area contributed by atoms with E-state index in [0.717, 1.165) is 60.1 Å². The largest absolute Gasteiger partial charge is 0.341 e. The maximum Gasteiger partial charge on any atom is 0.126 e. The van der Waals surface area contributed by atoms with Crippen LogP contribution in [0.2, 0.25) is 0 Å². The van der Waals surface area contributed by atoms with Crippen LogP contribution in [0.5, 0.6) is 0 Å². The zero-order chi connectivity index (χ0) is 22.3. The fourth-order valence-electron chi connectivity index (χ4n) is 5.11. The van der Waals surface area contributed by atoms with E-state index in [0.29, 0.717) is 6.04 Å². The van der Waals surface area contributed by atoms with Crippen LogP contribution in [0.3, 0.4) is 0 Å². The van der Waals surface area contributed by atoms with Crippen molar-refractivity contribution in [1.82, 2.24) is 30.6 Å². The topological polar surface area (TPSA) is 81.4 Å². The molecule has 4 aromatic rings. The Morgan fingerprint density at radius 2 is 1.39 bits per heavy atom. The zero-order valence-electron chi connectivity index (χ0n) is 19.0. The average Bonchev–Trinajstić information content (AvgIpc) is 3.66. The Balaban J connectivity index is 1.18. The highest BCUT2D eigenvalue weighted by Gasteiger charge is 2.32. The van der Waals surface area contributed by atoms with E-state index in [2.05, 4.69) is 86.0 Å². The van der Waals surface area contributed by atoms with Gasteiger partial charge in [0.05, 0.1) is 35.4 Å². The summed E-state index contributed by atoms with van der Waals surface area (Å²) >= 11 is 0. The third kappa shape index (κ3) is 3.90. The molecule has 0 radical (unpaired) electrons. The molecule has 0 aliphatic carbocycles. The Morgan fingerprint density at radius 1 is 0.758 bits per heavy atom. The van der Waals surface area contributed by atoms with Crippen molar-refractivity contribution in [2.24, 2.45) is 0 Å². The van der Waals surface area contributed by atoms with Crippen molar-refractivity contribution in [3.05, 3.63) is 72.6 Å². The van der Waals surface area contributed by atoms with Crippen molar-refractivity contribution >= 4 is 0 Å². The normalized spacial score (nSPS) is 22.8. The standard InChI is InChI=1S/C27H30N6/c1-27(13-3-15-31-27)26-30-17-24(33-26)21-11-7-19(8-12-21)18-5-9-20(10-6-18)23-16-29-25(32-23)22-4-2-14-28-22/h5-12,16-17,22,28,31H,2-4,13-15H2,1H3,(H,29,32)(H,30,33). The predicted molar refractivity (Wildman–Crippen MR) is 132 cm³/mol. The average molecular weight is 439 g/mol. The fourth-order valence-corrected chi connectivity index (χ4v) is 5.11. The Labute approximate surface area is 194 Å². The highest BCUT2D eigenvalue weighted by Crippen LogP contribution is 2.31. The van der Waals surface area contributed by atoms with Gasteiger partial charge in [0.2, 0.25) is 0 Å². The van der Waals surface area contributed by atoms with E-state index >= 15 is 0 Å². The van der Waals surface area contributed by atoms with Crippen LogP contribution >= 0.6 is 0 Å². The minimum absolute atomic E-state index is 0.0387. The SMILES string of the molecule is CC1(c2ncc(-c3ccc(-c4ccc(-c5cnc(C6CCCN6)[nH]5)cc4)cc3)[nH]2)CCCN1. The number of nitrogens with one attached hydrogen (secondary N) is 4. The molecule has 0 spiro atoms. The highest BCUT2D eigenvalue weighted by molar-refractivity contribution is 5.71. The van der Waals surface area contributed by atoms with Crippen molar-refractivity contribution in [2.45, 2.75) is 44.2 Å². The quantitative estimate of drug-likeness (QED) is 0.347. The van der Waals surface area contributed by atoms with Gasteiger partial charge in [-0.1, -0.05) is 48.5 Å². The lowest BCUT2D eigenvalue weighted by molar-refractivity contribution is 0.411. The maximum atomic E-state index is 4.66. The third-order valence-electron chi connectivity index (χ3n) is 7.18. The highest BCUT2D eigenvalue weighted by atomic mass is 15.1. The lowest BCUT2D eigenvalue weighted by Gasteiger charge is -2.21. The van der Waals surface area contributed by atoms with E-state index in [1.807, 2.05) is 12.4 Å². The van der Waals surface area contributed by atoms with Gasteiger partial charge in [0, 0.05) is 0 Å². The number of hydrogen-bond acceptors (Lipinski definition) is 4. The molecule has 6 heteroatoms. The second-order valence-corrected chi connectivity index (χ2v) is 9.49. The van der Waals surface area contributed by atoms with Crippen LogP contribution in [0.25, 0.3) is 33.6 Å². The Morgan fingerprint density at radius 3 is 2.00 bits per heavy atom. The van der Waals surface area contributed by atoms with Gasteiger partial charge in [-0.2, -0.15) is 0 Å². The lowest BCUT2D eigenvalue weighted by atomic mass is 10.00. The number of H-pyrrole nitrogens is 2. The van der Waals surface area contributed by atoms with Gasteiger partial charge in [-0.05, 0) is 68.0 Å². The molecule has 0 amide bonds. The molecule has 6 rings (SSSR count). The summed E-state index contributed by atoms with van der Waals surface area (Å²) in [4.78, 5) is 16.3. The molecule has 168 valence electrons. The molecule has 2 aromatic carbocycles. The lowest BCUT2D eigenvalue weighted by Crippen LogP contribution is -2.34. The number of benzene rings is 2. The summed E-state index contributed by atoms with van der Waals surface area (Å²) in [6, 6.07) is 17.7. The smallest absolute Gasteiger partial charge is 0.126 e. The number of rotatable bonds is 5. The Kier molecular flexibility index (Phi) is 5.12. The molecule has 2 atom stereocenters. The van der Waals surface area contributed by atoms with Gasteiger partial charge >= 0.3 is 0 Å². The molecule has 2 fully saturated rings. The van der Waals surface area contributed by atoms with Crippen molar-refractivity contribution in [3.8, 4) is 33.6 Å². The summed E-state index contributed by atoms with van der Waals surface area (Å²) < 4.78 is 0. The van der Waals surface area contributed by atoms with Crippen molar-refractivity contribution in [3.63, 3.8) is 0 Å². The van der Waals surface area contributed by atoms with E-state index < -0.39 is 0 Å². The number of aromatic nitrogens is 4. The van der Waals surface area contributed by atoms with Crippen LogP contribution in [0.4, 0.5) is 0 Å². The number of aromatic amines is 2. The second kappa shape index (κ2) is 8.28. The fraction of sp³-hybridized carbons (Fsp3) is 0.333. The molecule has 2 saturated heterocycles. The van der Waals surface area contributed by atoms with Gasteiger partial charge < -0.3 is 20.6 Å². The molecule has 4 N–H and O–H groups in total. The predicted octanol–water partition coefficient (Wildman–Crippen LogP) is 5.16. The summed E-state index contributed by atoms with van der Waals surface area (Å²) in [5, 5.41) is 7.07. The molecule has 2 aliphatic rings.